The number of piperidine rings is 1. The molecule has 1 aliphatic heterocycles. The highest BCUT2D eigenvalue weighted by atomic mass is 32.2. The summed E-state index contributed by atoms with van der Waals surface area (Å²) < 4.78 is 34.8. The van der Waals surface area contributed by atoms with Crippen LogP contribution in [0.1, 0.15) is 52.1 Å². The molecule has 6 nitrogen and oxygen atoms in total. The van der Waals surface area contributed by atoms with Crippen molar-refractivity contribution in [2.24, 2.45) is 7.05 Å². The Morgan fingerprint density at radius 1 is 1.43 bits per heavy atom. The normalized spacial score (nSPS) is 21.0. The molecule has 7 heteroatoms. The molecule has 132 valence electrons. The SMILES string of the molecule is CC(C)OC(C)(C)CS(=O)(=O)N1CCCC(c2ccnn2C)C1. The fourth-order valence-electron chi connectivity index (χ4n) is 3.42. The van der Waals surface area contributed by atoms with Crippen LogP contribution in [-0.4, -0.2) is 53.1 Å². The van der Waals surface area contributed by atoms with Crippen LogP contribution < -0.4 is 0 Å². The highest BCUT2D eigenvalue weighted by molar-refractivity contribution is 7.89. The van der Waals surface area contributed by atoms with Gasteiger partial charge in [-0.25, -0.2) is 12.7 Å². The number of aryl methyl sites for hydroxylation is 1. The monoisotopic (exact) mass is 343 g/mol. The first-order valence-corrected chi connectivity index (χ1v) is 9.85. The lowest BCUT2D eigenvalue weighted by Gasteiger charge is -2.35. The molecule has 1 saturated heterocycles. The van der Waals surface area contributed by atoms with E-state index in [1.807, 2.05) is 45.5 Å². The van der Waals surface area contributed by atoms with Crippen LogP contribution in [0.25, 0.3) is 0 Å². The molecule has 0 amide bonds. The summed E-state index contributed by atoms with van der Waals surface area (Å²) in [6, 6.07) is 1.98. The van der Waals surface area contributed by atoms with Crippen molar-refractivity contribution >= 4 is 10.0 Å². The molecule has 1 unspecified atom stereocenters. The maximum Gasteiger partial charge on any atom is 0.216 e. The molecule has 0 aromatic carbocycles. The summed E-state index contributed by atoms with van der Waals surface area (Å²) in [5, 5.41) is 4.20. The van der Waals surface area contributed by atoms with Crippen LogP contribution in [0, 0.1) is 0 Å². The van der Waals surface area contributed by atoms with Crippen molar-refractivity contribution in [3.63, 3.8) is 0 Å². The predicted molar refractivity (Wildman–Crippen MR) is 90.8 cm³/mol. The molecule has 1 aliphatic rings. The molecule has 1 aromatic rings. The molecular formula is C16H29N3O3S. The lowest BCUT2D eigenvalue weighted by molar-refractivity contribution is -0.0406. The number of ether oxygens (including phenoxy) is 1. The van der Waals surface area contributed by atoms with Gasteiger partial charge in [0.15, 0.2) is 0 Å². The molecule has 0 spiro atoms. The van der Waals surface area contributed by atoms with Gasteiger partial charge in [0.1, 0.15) is 0 Å². The second-order valence-electron chi connectivity index (χ2n) is 7.26. The fourth-order valence-corrected chi connectivity index (χ4v) is 5.37. The van der Waals surface area contributed by atoms with Gasteiger partial charge in [0.05, 0.1) is 17.5 Å². The van der Waals surface area contributed by atoms with E-state index in [0.717, 1.165) is 18.5 Å². The molecule has 23 heavy (non-hydrogen) atoms. The van der Waals surface area contributed by atoms with E-state index >= 15 is 0 Å². The quantitative estimate of drug-likeness (QED) is 0.794. The van der Waals surface area contributed by atoms with Crippen LogP contribution in [0.5, 0.6) is 0 Å². The number of hydrogen-bond acceptors (Lipinski definition) is 4. The van der Waals surface area contributed by atoms with Crippen molar-refractivity contribution < 1.29 is 13.2 Å². The number of sulfonamides is 1. The maximum absolute atomic E-state index is 12.8. The van der Waals surface area contributed by atoms with Crippen molar-refractivity contribution in [1.29, 1.82) is 0 Å². The van der Waals surface area contributed by atoms with Gasteiger partial charge in [-0.05, 0) is 46.6 Å². The summed E-state index contributed by atoms with van der Waals surface area (Å²) in [5.74, 6) is 0.219. The maximum atomic E-state index is 12.8. The van der Waals surface area contributed by atoms with Crippen molar-refractivity contribution in [3.05, 3.63) is 18.0 Å². The van der Waals surface area contributed by atoms with Crippen LogP contribution in [0.2, 0.25) is 0 Å². The van der Waals surface area contributed by atoms with E-state index in [2.05, 4.69) is 5.10 Å². The third-order valence-corrected chi connectivity index (χ3v) is 6.32. The van der Waals surface area contributed by atoms with E-state index in [1.165, 1.54) is 0 Å². The summed E-state index contributed by atoms with van der Waals surface area (Å²) in [6.45, 7) is 8.65. The summed E-state index contributed by atoms with van der Waals surface area (Å²) in [6.07, 6.45) is 3.64. The molecule has 0 bridgehead atoms. The van der Waals surface area contributed by atoms with E-state index in [9.17, 15) is 8.42 Å². The molecular weight excluding hydrogens is 314 g/mol. The lowest BCUT2D eigenvalue weighted by Crippen LogP contribution is -2.46. The summed E-state index contributed by atoms with van der Waals surface area (Å²) in [7, 11) is -1.44. The van der Waals surface area contributed by atoms with E-state index in [-0.39, 0.29) is 17.8 Å². The van der Waals surface area contributed by atoms with E-state index in [1.54, 1.807) is 10.5 Å². The van der Waals surface area contributed by atoms with Gasteiger partial charge < -0.3 is 4.74 Å². The smallest absolute Gasteiger partial charge is 0.216 e. The lowest BCUT2D eigenvalue weighted by atomic mass is 9.96. The largest absolute Gasteiger partial charge is 0.372 e. The van der Waals surface area contributed by atoms with Crippen LogP contribution in [0.4, 0.5) is 0 Å². The Kier molecular flexibility index (Phi) is 5.53. The molecule has 0 aliphatic carbocycles. The highest BCUT2D eigenvalue weighted by Crippen LogP contribution is 2.29. The number of aromatic nitrogens is 2. The first-order valence-electron chi connectivity index (χ1n) is 8.24. The molecule has 2 heterocycles. The van der Waals surface area contributed by atoms with Gasteiger partial charge in [-0.3, -0.25) is 4.68 Å². The standard InChI is InChI=1S/C16H29N3O3S/c1-13(2)22-16(3,4)12-23(20,21)19-10-6-7-14(11-19)15-8-9-17-18(15)5/h8-9,13-14H,6-7,10-12H2,1-5H3. The van der Waals surface area contributed by atoms with Crippen LogP contribution in [-0.2, 0) is 21.8 Å². The topological polar surface area (TPSA) is 64.4 Å². The Hall–Kier alpha value is -0.920. The first-order chi connectivity index (χ1) is 10.6. The van der Waals surface area contributed by atoms with Crippen molar-refractivity contribution in [1.82, 2.24) is 14.1 Å². The minimum Gasteiger partial charge on any atom is -0.372 e. The van der Waals surface area contributed by atoms with E-state index in [4.69, 9.17) is 4.74 Å². The van der Waals surface area contributed by atoms with Crippen molar-refractivity contribution in [3.8, 4) is 0 Å². The Morgan fingerprint density at radius 2 is 2.13 bits per heavy atom. The number of hydrogen-bond donors (Lipinski definition) is 0. The van der Waals surface area contributed by atoms with Gasteiger partial charge in [-0.2, -0.15) is 5.10 Å². The average Bonchev–Trinajstić information content (AvgIpc) is 2.82. The average molecular weight is 343 g/mol. The number of rotatable bonds is 6. The minimum absolute atomic E-state index is 0.00347. The van der Waals surface area contributed by atoms with Gasteiger partial charge in [0.2, 0.25) is 10.0 Å². The van der Waals surface area contributed by atoms with Gasteiger partial charge in [0.25, 0.3) is 0 Å². The Labute approximate surface area is 139 Å². The molecule has 1 aromatic heterocycles. The molecule has 1 fully saturated rings. The highest BCUT2D eigenvalue weighted by Gasteiger charge is 2.35. The molecule has 1 atom stereocenters. The Bertz CT molecular complexity index is 622. The first kappa shape index (κ1) is 18.4. The zero-order valence-corrected chi connectivity index (χ0v) is 15.6. The van der Waals surface area contributed by atoms with Gasteiger partial charge in [-0.15, -0.1) is 0 Å². The second-order valence-corrected chi connectivity index (χ2v) is 9.23. The van der Waals surface area contributed by atoms with Crippen LogP contribution in [0.15, 0.2) is 12.3 Å². The van der Waals surface area contributed by atoms with E-state index in [0.29, 0.717) is 13.1 Å². The summed E-state index contributed by atoms with van der Waals surface area (Å²) in [4.78, 5) is 0. The third-order valence-electron chi connectivity index (χ3n) is 4.14. The van der Waals surface area contributed by atoms with Crippen molar-refractivity contribution in [2.45, 2.75) is 58.2 Å². The summed E-state index contributed by atoms with van der Waals surface area (Å²) >= 11 is 0. The molecule has 0 saturated carbocycles. The number of nitrogens with zero attached hydrogens (tertiary/aromatic N) is 3. The molecule has 2 rings (SSSR count). The Morgan fingerprint density at radius 3 is 2.70 bits per heavy atom. The van der Waals surface area contributed by atoms with Gasteiger partial charge in [0, 0.05) is 37.9 Å². The van der Waals surface area contributed by atoms with Crippen LogP contribution >= 0.6 is 0 Å². The fraction of sp³-hybridized carbons (Fsp3) is 0.812. The zero-order chi connectivity index (χ0) is 17.3. The van der Waals surface area contributed by atoms with Gasteiger partial charge in [-0.1, -0.05) is 0 Å². The summed E-state index contributed by atoms with van der Waals surface area (Å²) in [5.41, 5.74) is 0.412. The molecule has 0 N–H and O–H groups in total. The van der Waals surface area contributed by atoms with Crippen LogP contribution in [0.3, 0.4) is 0 Å². The molecule has 0 radical (unpaired) electrons. The second kappa shape index (κ2) is 6.91. The van der Waals surface area contributed by atoms with E-state index < -0.39 is 15.6 Å². The van der Waals surface area contributed by atoms with Crippen molar-refractivity contribution in [2.75, 3.05) is 18.8 Å². The Balaban J connectivity index is 2.09. The van der Waals surface area contributed by atoms with Gasteiger partial charge >= 0.3 is 0 Å². The third kappa shape index (κ3) is 4.78. The predicted octanol–water partition coefficient (Wildman–Crippen LogP) is 2.13. The minimum atomic E-state index is -3.34. The zero-order valence-electron chi connectivity index (χ0n) is 14.8.